The lowest BCUT2D eigenvalue weighted by molar-refractivity contribution is -0.121. The molecule has 65 heavy (non-hydrogen) atoms. The number of carbonyl (C=O) groups is 2. The molecule has 0 aliphatic heterocycles. The molecule has 0 atom stereocenters. The molecular formula is C41H37N9O13S2. The zero-order valence-electron chi connectivity index (χ0n) is 34.5. The second-order valence-electron chi connectivity index (χ2n) is 13.9. The normalized spacial score (nSPS) is 12.1. The highest BCUT2D eigenvalue weighted by Crippen LogP contribution is 2.42. The Morgan fingerprint density at radius 2 is 1.22 bits per heavy atom. The van der Waals surface area contributed by atoms with Crippen LogP contribution in [0.25, 0.3) is 16.7 Å². The fourth-order valence-corrected chi connectivity index (χ4v) is 7.15. The van der Waals surface area contributed by atoms with Gasteiger partial charge in [-0.15, -0.1) is 15.3 Å². The first-order valence-electron chi connectivity index (χ1n) is 19.1. The van der Waals surface area contributed by atoms with Gasteiger partial charge in [0.1, 0.15) is 46.0 Å². The van der Waals surface area contributed by atoms with Crippen molar-refractivity contribution in [2.45, 2.75) is 33.6 Å². The van der Waals surface area contributed by atoms with Gasteiger partial charge in [-0.1, -0.05) is 12.1 Å². The molecule has 0 amide bonds. The lowest BCUT2D eigenvalue weighted by Gasteiger charge is -2.12. The summed E-state index contributed by atoms with van der Waals surface area (Å²) in [5.74, 6) is -1.35. The molecule has 0 saturated heterocycles. The van der Waals surface area contributed by atoms with Crippen molar-refractivity contribution in [3.8, 4) is 34.9 Å². The van der Waals surface area contributed by atoms with E-state index < -0.39 is 31.7 Å². The number of pyridine rings is 1. The minimum atomic E-state index is -4.30. The van der Waals surface area contributed by atoms with Gasteiger partial charge >= 0.3 is 0 Å². The largest absolute Gasteiger partial charge is 0.493 e. The van der Waals surface area contributed by atoms with E-state index in [1.165, 1.54) is 34.7 Å². The van der Waals surface area contributed by atoms with E-state index in [2.05, 4.69) is 41.7 Å². The number of aromatic hydroxyl groups is 1. The number of fused-ring (bicyclic) bond motifs is 3. The number of ether oxygens (including phenoxy) is 4. The van der Waals surface area contributed by atoms with E-state index in [1.807, 2.05) is 0 Å². The number of hydrogen-bond acceptors (Lipinski definition) is 19. The summed E-state index contributed by atoms with van der Waals surface area (Å²) in [6.07, 6.45) is -0.207. The molecule has 3 N–H and O–H groups in total. The molecule has 24 heteroatoms. The molecular weight excluding hydrogens is 891 g/mol. The number of aryl methyl sites for hydroxylation is 2. The second kappa shape index (κ2) is 20.2. The minimum absolute atomic E-state index is 0.0200. The Morgan fingerprint density at radius 1 is 0.708 bits per heavy atom. The monoisotopic (exact) mass is 927 g/mol. The standard InChI is InChI=1S/C41H37N9O13S2/c1-24-14-34(37(60-10-6-12-64(54,55)56)19-32(24)45-44-27-16-28(62-22-51)18-29(17-27)63-23-52)47-46-33-20-38(61-11-7-13-65(57,58)59)35(15-25(33)2)48-49-39-26(3)30(21-42)40-43-31-8-4-5-9-36(31)50(40)41(39)53/h4-5,8-9,14-20,22-23,53H,6-7,10-13H2,1-3H3,(H,54,55,56)(H,57,58,59). The predicted molar refractivity (Wildman–Crippen MR) is 232 cm³/mol. The molecule has 22 nitrogen and oxygen atoms in total. The van der Waals surface area contributed by atoms with Crippen LogP contribution in [0.1, 0.15) is 35.1 Å². The maximum atomic E-state index is 11.4. The number of rotatable bonds is 20. The molecule has 2 heterocycles. The minimum Gasteiger partial charge on any atom is -0.493 e. The number of azo groups is 3. The van der Waals surface area contributed by atoms with E-state index in [0.29, 0.717) is 27.7 Å². The maximum Gasteiger partial charge on any atom is 0.298 e. The summed E-state index contributed by atoms with van der Waals surface area (Å²) < 4.78 is 87.0. The van der Waals surface area contributed by atoms with Crippen LogP contribution in [0.2, 0.25) is 0 Å². The second-order valence-corrected chi connectivity index (χ2v) is 17.1. The number of aromatic nitrogens is 2. The lowest BCUT2D eigenvalue weighted by atomic mass is 10.1. The topological polar surface area (TPSA) is 315 Å². The van der Waals surface area contributed by atoms with Crippen LogP contribution in [0, 0.1) is 32.1 Å². The Labute approximate surface area is 370 Å². The third-order valence-electron chi connectivity index (χ3n) is 9.24. The van der Waals surface area contributed by atoms with Crippen LogP contribution in [-0.2, 0) is 29.8 Å². The summed E-state index contributed by atoms with van der Waals surface area (Å²) in [6, 6.07) is 19.1. The highest BCUT2D eigenvalue weighted by Gasteiger charge is 2.21. The third-order valence-corrected chi connectivity index (χ3v) is 10.9. The molecule has 2 aromatic heterocycles. The van der Waals surface area contributed by atoms with Crippen molar-refractivity contribution in [1.29, 1.82) is 5.26 Å². The maximum absolute atomic E-state index is 11.4. The number of para-hydroxylation sites is 2. The molecule has 0 aliphatic carbocycles. The zero-order valence-corrected chi connectivity index (χ0v) is 36.1. The lowest BCUT2D eigenvalue weighted by Crippen LogP contribution is -2.08. The molecule has 6 aromatic rings. The first kappa shape index (κ1) is 46.8. The van der Waals surface area contributed by atoms with Gasteiger partial charge in [0.2, 0.25) is 5.88 Å². The smallest absolute Gasteiger partial charge is 0.298 e. The van der Waals surface area contributed by atoms with Crippen molar-refractivity contribution < 1.29 is 59.6 Å². The van der Waals surface area contributed by atoms with Crippen molar-refractivity contribution in [3.05, 3.63) is 89.0 Å². The number of nitriles is 1. The molecule has 0 spiro atoms. The number of nitrogens with zero attached hydrogens (tertiary/aromatic N) is 9. The summed E-state index contributed by atoms with van der Waals surface area (Å²) in [4.78, 5) is 26.4. The number of benzene rings is 4. The first-order chi connectivity index (χ1) is 31.0. The van der Waals surface area contributed by atoms with Crippen LogP contribution in [0.5, 0.6) is 28.9 Å². The van der Waals surface area contributed by atoms with Gasteiger partial charge in [-0.2, -0.15) is 37.4 Å². The summed E-state index contributed by atoms with van der Waals surface area (Å²) in [7, 11) is -8.60. The average Bonchev–Trinajstić information content (AvgIpc) is 3.63. The zero-order chi connectivity index (χ0) is 46.9. The van der Waals surface area contributed by atoms with E-state index in [4.69, 9.17) is 18.9 Å². The predicted octanol–water partition coefficient (Wildman–Crippen LogP) is 8.62. The molecule has 4 aromatic carbocycles. The molecule has 0 radical (unpaired) electrons. The SMILES string of the molecule is Cc1cc(N=Nc2cc(OCCCS(=O)(=O)O)c(N=Nc3c(C)c(C#N)c4nc5ccccc5n4c3O)cc2C)c(OCCCS(=O)(=O)O)cc1N=Nc1cc(OC=O)cc(OC=O)c1. The van der Waals surface area contributed by atoms with Gasteiger partial charge in [-0.3, -0.25) is 23.1 Å². The van der Waals surface area contributed by atoms with Gasteiger partial charge in [0.05, 0.1) is 52.8 Å². The summed E-state index contributed by atoms with van der Waals surface area (Å²) in [6.45, 7) is 4.92. The first-order valence-corrected chi connectivity index (χ1v) is 22.3. The van der Waals surface area contributed by atoms with Gasteiger partial charge in [-0.05, 0) is 69.0 Å². The Morgan fingerprint density at radius 3 is 1.74 bits per heavy atom. The van der Waals surface area contributed by atoms with Crippen LogP contribution in [0.3, 0.4) is 0 Å². The van der Waals surface area contributed by atoms with Gasteiger partial charge in [-0.25, -0.2) is 4.98 Å². The van der Waals surface area contributed by atoms with Crippen LogP contribution < -0.4 is 18.9 Å². The molecule has 6 rings (SSSR count). The van der Waals surface area contributed by atoms with Crippen molar-refractivity contribution in [2.75, 3.05) is 24.7 Å². The third kappa shape index (κ3) is 11.9. The summed E-state index contributed by atoms with van der Waals surface area (Å²) in [5.41, 5.74) is 3.59. The quantitative estimate of drug-likeness (QED) is 0.0279. The van der Waals surface area contributed by atoms with Gasteiger partial charge < -0.3 is 24.1 Å². The van der Waals surface area contributed by atoms with Crippen molar-refractivity contribution in [1.82, 2.24) is 9.38 Å². The van der Waals surface area contributed by atoms with Gasteiger partial charge in [0, 0.05) is 35.9 Å². The van der Waals surface area contributed by atoms with Crippen LogP contribution >= 0.6 is 0 Å². The van der Waals surface area contributed by atoms with Crippen LogP contribution in [0.4, 0.5) is 34.1 Å². The average molecular weight is 928 g/mol. The Bertz CT molecular complexity index is 3150. The Hall–Kier alpha value is -7.72. The summed E-state index contributed by atoms with van der Waals surface area (Å²) in [5, 5.41) is 47.5. The van der Waals surface area contributed by atoms with Crippen LogP contribution in [-0.4, -0.2) is 78.1 Å². The van der Waals surface area contributed by atoms with E-state index in [1.54, 1.807) is 57.2 Å². The summed E-state index contributed by atoms with van der Waals surface area (Å²) >= 11 is 0. The van der Waals surface area contributed by atoms with Crippen LogP contribution in [0.15, 0.2) is 97.4 Å². The van der Waals surface area contributed by atoms with Gasteiger partial charge in [0.25, 0.3) is 33.2 Å². The molecule has 0 unspecified atom stereocenters. The van der Waals surface area contributed by atoms with Gasteiger partial charge in [0.15, 0.2) is 11.3 Å². The molecule has 0 bridgehead atoms. The molecule has 0 fully saturated rings. The molecule has 0 aliphatic rings. The fourth-order valence-electron chi connectivity index (χ4n) is 6.18. The highest BCUT2D eigenvalue weighted by atomic mass is 32.2. The van der Waals surface area contributed by atoms with E-state index >= 15 is 0 Å². The van der Waals surface area contributed by atoms with Crippen molar-refractivity contribution >= 4 is 84.0 Å². The molecule has 0 saturated carbocycles. The fraction of sp³-hybridized carbons (Fsp3) is 0.220. The molecule has 336 valence electrons. The van der Waals surface area contributed by atoms with Crippen molar-refractivity contribution in [2.24, 2.45) is 30.7 Å². The number of imidazole rings is 1. The van der Waals surface area contributed by atoms with E-state index in [0.717, 1.165) is 0 Å². The number of hydrogen-bond donors (Lipinski definition) is 3. The number of carbonyl (C=O) groups excluding carboxylic acids is 2. The highest BCUT2D eigenvalue weighted by molar-refractivity contribution is 7.86. The van der Waals surface area contributed by atoms with Crippen molar-refractivity contribution in [3.63, 3.8) is 0 Å². The Kier molecular flexibility index (Phi) is 14.5. The Balaban J connectivity index is 1.38. The van der Waals surface area contributed by atoms with E-state index in [-0.39, 0.29) is 113 Å². The van der Waals surface area contributed by atoms with E-state index in [9.17, 15) is 45.9 Å².